The summed E-state index contributed by atoms with van der Waals surface area (Å²) in [5.41, 5.74) is 3.35. The SMILES string of the molecule is Cc1ccccc1CC1C(=O)c2ccccc2C1=O. The van der Waals surface area contributed by atoms with Crippen LogP contribution < -0.4 is 0 Å². The number of hydrogen-bond donors (Lipinski definition) is 0. The molecule has 2 aromatic rings. The van der Waals surface area contributed by atoms with Gasteiger partial charge in [0, 0.05) is 11.1 Å². The number of aryl methyl sites for hydroxylation is 1. The van der Waals surface area contributed by atoms with E-state index >= 15 is 0 Å². The predicted octanol–water partition coefficient (Wildman–Crippen LogP) is 3.23. The van der Waals surface area contributed by atoms with Crippen molar-refractivity contribution in [1.82, 2.24) is 0 Å². The van der Waals surface area contributed by atoms with Crippen molar-refractivity contribution < 1.29 is 9.59 Å². The molecule has 0 N–H and O–H groups in total. The van der Waals surface area contributed by atoms with Gasteiger partial charge in [-0.3, -0.25) is 9.59 Å². The van der Waals surface area contributed by atoms with Gasteiger partial charge in [-0.25, -0.2) is 0 Å². The Morgan fingerprint density at radius 1 is 0.842 bits per heavy atom. The smallest absolute Gasteiger partial charge is 0.174 e. The van der Waals surface area contributed by atoms with Crippen LogP contribution in [0.15, 0.2) is 48.5 Å². The zero-order valence-electron chi connectivity index (χ0n) is 10.7. The number of rotatable bonds is 2. The van der Waals surface area contributed by atoms with E-state index in [1.807, 2.05) is 31.2 Å². The van der Waals surface area contributed by atoms with Crippen molar-refractivity contribution in [1.29, 1.82) is 0 Å². The zero-order valence-corrected chi connectivity index (χ0v) is 10.7. The lowest BCUT2D eigenvalue weighted by Crippen LogP contribution is -2.18. The van der Waals surface area contributed by atoms with Gasteiger partial charge in [0.25, 0.3) is 0 Å². The molecule has 19 heavy (non-hydrogen) atoms. The van der Waals surface area contributed by atoms with Gasteiger partial charge in [0.15, 0.2) is 11.6 Å². The van der Waals surface area contributed by atoms with Gasteiger partial charge in [-0.05, 0) is 24.5 Å². The molecule has 0 saturated carbocycles. The van der Waals surface area contributed by atoms with Crippen LogP contribution in [0, 0.1) is 12.8 Å². The Kier molecular flexibility index (Phi) is 2.79. The van der Waals surface area contributed by atoms with E-state index in [0.29, 0.717) is 17.5 Å². The third kappa shape index (κ3) is 1.89. The minimum Gasteiger partial charge on any atom is -0.293 e. The van der Waals surface area contributed by atoms with Crippen LogP contribution in [0.3, 0.4) is 0 Å². The third-order valence-electron chi connectivity index (χ3n) is 3.78. The normalized spacial score (nSPS) is 14.8. The Balaban J connectivity index is 1.95. The second kappa shape index (κ2) is 4.47. The van der Waals surface area contributed by atoms with Gasteiger partial charge in [-0.2, -0.15) is 0 Å². The highest BCUT2D eigenvalue weighted by molar-refractivity contribution is 6.26. The minimum atomic E-state index is -0.543. The van der Waals surface area contributed by atoms with Gasteiger partial charge in [0.1, 0.15) is 0 Å². The maximum absolute atomic E-state index is 12.3. The van der Waals surface area contributed by atoms with E-state index in [-0.39, 0.29) is 11.6 Å². The van der Waals surface area contributed by atoms with E-state index in [0.717, 1.165) is 11.1 Å². The van der Waals surface area contributed by atoms with E-state index in [1.54, 1.807) is 24.3 Å². The summed E-state index contributed by atoms with van der Waals surface area (Å²) in [5, 5.41) is 0. The first-order valence-corrected chi connectivity index (χ1v) is 6.40. The number of benzene rings is 2. The van der Waals surface area contributed by atoms with Crippen LogP contribution in [-0.2, 0) is 6.42 Å². The number of Topliss-reactive ketones (excluding diaryl/α,β-unsaturated/α-hetero) is 2. The van der Waals surface area contributed by atoms with Gasteiger partial charge >= 0.3 is 0 Å². The Hall–Kier alpha value is -2.22. The van der Waals surface area contributed by atoms with Crippen molar-refractivity contribution in [3.8, 4) is 0 Å². The standard InChI is InChI=1S/C17H14O2/c1-11-6-2-3-7-12(11)10-15-16(18)13-8-4-5-9-14(13)17(15)19/h2-9,15H,10H2,1H3. The topological polar surface area (TPSA) is 34.1 Å². The molecule has 1 aliphatic carbocycles. The predicted molar refractivity (Wildman–Crippen MR) is 73.5 cm³/mol. The van der Waals surface area contributed by atoms with Crippen LogP contribution in [0.5, 0.6) is 0 Å². The van der Waals surface area contributed by atoms with E-state index in [2.05, 4.69) is 0 Å². The summed E-state index contributed by atoms with van der Waals surface area (Å²) in [6.45, 7) is 2.01. The molecule has 0 unspecified atom stereocenters. The fourth-order valence-corrected chi connectivity index (χ4v) is 2.65. The van der Waals surface area contributed by atoms with E-state index < -0.39 is 5.92 Å². The van der Waals surface area contributed by atoms with Crippen molar-refractivity contribution in [2.24, 2.45) is 5.92 Å². The quantitative estimate of drug-likeness (QED) is 0.767. The van der Waals surface area contributed by atoms with Crippen molar-refractivity contribution in [3.05, 3.63) is 70.8 Å². The van der Waals surface area contributed by atoms with Crippen molar-refractivity contribution in [3.63, 3.8) is 0 Å². The molecule has 2 aromatic carbocycles. The number of ketones is 2. The summed E-state index contributed by atoms with van der Waals surface area (Å²) < 4.78 is 0. The van der Waals surface area contributed by atoms with Crippen LogP contribution in [0.4, 0.5) is 0 Å². The monoisotopic (exact) mass is 250 g/mol. The largest absolute Gasteiger partial charge is 0.293 e. The molecule has 3 rings (SSSR count). The lowest BCUT2D eigenvalue weighted by atomic mass is 9.92. The zero-order chi connectivity index (χ0) is 13.4. The van der Waals surface area contributed by atoms with Crippen molar-refractivity contribution in [2.45, 2.75) is 13.3 Å². The van der Waals surface area contributed by atoms with E-state index in [9.17, 15) is 9.59 Å². The Bertz CT molecular complexity index is 635. The molecular weight excluding hydrogens is 236 g/mol. The summed E-state index contributed by atoms with van der Waals surface area (Å²) in [4.78, 5) is 24.6. The van der Waals surface area contributed by atoms with Crippen molar-refractivity contribution in [2.75, 3.05) is 0 Å². The molecule has 0 saturated heterocycles. The van der Waals surface area contributed by atoms with Crippen LogP contribution in [0.25, 0.3) is 0 Å². The lowest BCUT2D eigenvalue weighted by molar-refractivity contribution is 0.0838. The first kappa shape index (κ1) is 11.8. The Morgan fingerprint density at radius 3 is 1.95 bits per heavy atom. The second-order valence-electron chi connectivity index (χ2n) is 4.96. The summed E-state index contributed by atoms with van der Waals surface area (Å²) >= 11 is 0. The highest BCUT2D eigenvalue weighted by Crippen LogP contribution is 2.29. The Labute approximate surface area is 112 Å². The van der Waals surface area contributed by atoms with E-state index in [1.165, 1.54) is 0 Å². The van der Waals surface area contributed by atoms with Crippen LogP contribution in [0.1, 0.15) is 31.8 Å². The summed E-state index contributed by atoms with van der Waals surface area (Å²) in [5.74, 6) is -0.619. The maximum Gasteiger partial charge on any atom is 0.174 e. The molecule has 0 heterocycles. The number of fused-ring (bicyclic) bond motifs is 1. The molecule has 2 nitrogen and oxygen atoms in total. The number of carbonyl (C=O) groups is 2. The second-order valence-corrected chi connectivity index (χ2v) is 4.96. The molecule has 0 bridgehead atoms. The van der Waals surface area contributed by atoms with Gasteiger partial charge in [0.05, 0.1) is 5.92 Å². The summed E-state index contributed by atoms with van der Waals surface area (Å²) in [6, 6.07) is 15.0. The Morgan fingerprint density at radius 2 is 1.37 bits per heavy atom. The fraction of sp³-hybridized carbons (Fsp3) is 0.176. The number of carbonyl (C=O) groups excluding carboxylic acids is 2. The summed E-state index contributed by atoms with van der Waals surface area (Å²) in [6.07, 6.45) is 0.499. The molecule has 0 amide bonds. The van der Waals surface area contributed by atoms with Crippen LogP contribution in [-0.4, -0.2) is 11.6 Å². The molecule has 0 spiro atoms. The van der Waals surface area contributed by atoms with Gasteiger partial charge in [-0.1, -0.05) is 48.5 Å². The molecule has 0 fully saturated rings. The molecule has 0 radical (unpaired) electrons. The molecule has 0 aromatic heterocycles. The maximum atomic E-state index is 12.3. The lowest BCUT2D eigenvalue weighted by Gasteiger charge is -2.09. The average Bonchev–Trinajstić information content (AvgIpc) is 2.67. The number of hydrogen-bond acceptors (Lipinski definition) is 2. The van der Waals surface area contributed by atoms with Crippen LogP contribution >= 0.6 is 0 Å². The molecule has 1 aliphatic rings. The third-order valence-corrected chi connectivity index (χ3v) is 3.78. The molecular formula is C17H14O2. The minimum absolute atomic E-state index is 0.0381. The molecule has 0 atom stereocenters. The first-order valence-electron chi connectivity index (χ1n) is 6.40. The fourth-order valence-electron chi connectivity index (χ4n) is 2.65. The van der Waals surface area contributed by atoms with Crippen molar-refractivity contribution >= 4 is 11.6 Å². The highest BCUT2D eigenvalue weighted by atomic mass is 16.2. The molecule has 2 heteroatoms. The van der Waals surface area contributed by atoms with Gasteiger partial charge in [0.2, 0.25) is 0 Å². The van der Waals surface area contributed by atoms with Gasteiger partial charge in [-0.15, -0.1) is 0 Å². The van der Waals surface area contributed by atoms with Crippen LogP contribution in [0.2, 0.25) is 0 Å². The van der Waals surface area contributed by atoms with Gasteiger partial charge < -0.3 is 0 Å². The molecule has 94 valence electrons. The summed E-state index contributed by atoms with van der Waals surface area (Å²) in [7, 11) is 0. The highest BCUT2D eigenvalue weighted by Gasteiger charge is 2.38. The molecule has 0 aliphatic heterocycles. The van der Waals surface area contributed by atoms with E-state index in [4.69, 9.17) is 0 Å². The average molecular weight is 250 g/mol. The first-order chi connectivity index (χ1) is 9.18.